The van der Waals surface area contributed by atoms with Crippen molar-refractivity contribution in [1.82, 2.24) is 0 Å². The predicted molar refractivity (Wildman–Crippen MR) is 242 cm³/mol. The van der Waals surface area contributed by atoms with E-state index in [4.69, 9.17) is 96.7 Å². The van der Waals surface area contributed by atoms with Gasteiger partial charge in [0.15, 0.2) is 20.7 Å². The second kappa shape index (κ2) is 24.5. The van der Waals surface area contributed by atoms with E-state index in [0.29, 0.717) is 17.2 Å². The first-order chi connectivity index (χ1) is 30.7. The van der Waals surface area contributed by atoms with E-state index in [2.05, 4.69) is 20.8 Å². The van der Waals surface area contributed by atoms with Gasteiger partial charge in [0.05, 0.1) is 54.4 Å². The first-order valence-corrected chi connectivity index (χ1v) is 24.8. The Balaban J connectivity index is 1.53. The van der Waals surface area contributed by atoms with E-state index in [1.165, 1.54) is 6.92 Å². The summed E-state index contributed by atoms with van der Waals surface area (Å²) in [6, 6.07) is 24.7. The van der Waals surface area contributed by atoms with Crippen molar-refractivity contribution in [1.29, 1.82) is 5.41 Å². The van der Waals surface area contributed by atoms with Crippen molar-refractivity contribution < 1.29 is 66.4 Å². The van der Waals surface area contributed by atoms with E-state index in [1.54, 1.807) is 21.3 Å². The molecule has 2 N–H and O–H groups in total. The quantitative estimate of drug-likeness (QED) is 0.0327. The van der Waals surface area contributed by atoms with Crippen LogP contribution in [0.25, 0.3) is 0 Å². The van der Waals surface area contributed by atoms with Gasteiger partial charge in [-0.3, -0.25) is 10.2 Å². The SMILES string of the molecule is CC[Si](CC)(CC)OC[C@H]1O[C@@H](OC(=N)C(Cl)(Cl)Cl)[C@H](OC(C)=O)[C@@H](O[C@@H]2OC[C@@H](OCc3ccc(OC)cc3)[C@H](OCc3ccc(OC)cc3)[C@H]2OCc2ccc(OC)cc2)[C@H]1O. The van der Waals surface area contributed by atoms with Crippen molar-refractivity contribution in [2.24, 2.45) is 0 Å². The number of benzene rings is 3. The van der Waals surface area contributed by atoms with E-state index < -0.39 is 79.3 Å². The molecule has 0 amide bonds. The maximum atomic E-state index is 12.8. The molecule has 5 rings (SSSR count). The van der Waals surface area contributed by atoms with E-state index in [1.807, 2.05) is 72.8 Å². The summed E-state index contributed by atoms with van der Waals surface area (Å²) < 4.78 is 71.3. The second-order valence-electron chi connectivity index (χ2n) is 15.4. The summed E-state index contributed by atoms with van der Waals surface area (Å²) in [6.07, 6.45) is -11.1. The number of hydrogen-bond donors (Lipinski definition) is 2. The standard InChI is InChI=1S/C45H60Cl3NO14Si/c1-8-64(9-2,10-3)59-27-35-37(51)39(41(60-28(4)50)43(61-35)63-44(49)45(46,47)48)62-42-40(57-25-31-15-21-34(54-7)22-16-31)38(56-24-30-13-19-33(53-6)20-14-30)36(26-58-42)55-23-29-11-17-32(52-5)18-12-29/h11-22,35-43,49,51H,8-10,23-27H2,1-7H3/t35-,36-,37+,38+,39+,40-,41-,42+,43+/m1/s1. The molecule has 9 atom stereocenters. The van der Waals surface area contributed by atoms with Crippen molar-refractivity contribution in [2.45, 2.75) is 125 Å². The number of halogens is 3. The molecule has 0 bridgehead atoms. The second-order valence-corrected chi connectivity index (χ2v) is 22.4. The number of aliphatic hydroxyl groups excluding tert-OH is 1. The lowest BCUT2D eigenvalue weighted by Crippen LogP contribution is -2.65. The maximum Gasteiger partial charge on any atom is 0.303 e. The lowest BCUT2D eigenvalue weighted by molar-refractivity contribution is -0.351. The predicted octanol–water partition coefficient (Wildman–Crippen LogP) is 7.91. The van der Waals surface area contributed by atoms with Gasteiger partial charge in [-0.05, 0) is 71.2 Å². The summed E-state index contributed by atoms with van der Waals surface area (Å²) in [4.78, 5) is 12.8. The van der Waals surface area contributed by atoms with E-state index in [0.717, 1.165) is 34.8 Å². The smallest absolute Gasteiger partial charge is 0.303 e. The Labute approximate surface area is 391 Å². The highest BCUT2D eigenvalue weighted by Crippen LogP contribution is 2.36. The van der Waals surface area contributed by atoms with Gasteiger partial charge in [0.25, 0.3) is 3.79 Å². The van der Waals surface area contributed by atoms with Gasteiger partial charge in [-0.1, -0.05) is 92.0 Å². The zero-order valence-corrected chi connectivity index (χ0v) is 40.4. The van der Waals surface area contributed by atoms with E-state index in [-0.39, 0.29) is 33.0 Å². The Bertz CT molecular complexity index is 1880. The number of hydrogen-bond acceptors (Lipinski definition) is 15. The van der Waals surface area contributed by atoms with Gasteiger partial charge in [-0.15, -0.1) is 0 Å². The number of alkyl halides is 3. The van der Waals surface area contributed by atoms with Gasteiger partial charge in [-0.2, -0.15) is 0 Å². The number of aliphatic hydroxyl groups is 1. The van der Waals surface area contributed by atoms with Gasteiger partial charge in [0.2, 0.25) is 12.2 Å². The van der Waals surface area contributed by atoms with Crippen molar-refractivity contribution in [3.05, 3.63) is 89.5 Å². The van der Waals surface area contributed by atoms with Gasteiger partial charge in [0.1, 0.15) is 53.9 Å². The zero-order chi connectivity index (χ0) is 46.4. The van der Waals surface area contributed by atoms with Crippen molar-refractivity contribution in [3.8, 4) is 17.2 Å². The van der Waals surface area contributed by atoms with Gasteiger partial charge in [0, 0.05) is 6.92 Å². The van der Waals surface area contributed by atoms with E-state index >= 15 is 0 Å². The van der Waals surface area contributed by atoms with Gasteiger partial charge >= 0.3 is 5.97 Å². The van der Waals surface area contributed by atoms with Crippen LogP contribution in [0.15, 0.2) is 72.8 Å². The summed E-state index contributed by atoms with van der Waals surface area (Å²) >= 11 is 18.1. The minimum atomic E-state index is -2.31. The Kier molecular flexibility index (Phi) is 19.8. The van der Waals surface area contributed by atoms with Gasteiger partial charge in [-0.25, -0.2) is 0 Å². The summed E-state index contributed by atoms with van der Waals surface area (Å²) in [5, 5.41) is 20.6. The van der Waals surface area contributed by atoms with Gasteiger partial charge < -0.3 is 61.6 Å². The molecule has 3 aromatic carbocycles. The Morgan fingerprint density at radius 2 is 1.17 bits per heavy atom. The van der Waals surface area contributed by atoms with Crippen LogP contribution in [0.5, 0.6) is 17.2 Å². The minimum absolute atomic E-state index is 0.0456. The van der Waals surface area contributed by atoms with Crippen LogP contribution in [0.1, 0.15) is 44.4 Å². The molecule has 0 aromatic heterocycles. The van der Waals surface area contributed by atoms with Crippen LogP contribution >= 0.6 is 34.8 Å². The Morgan fingerprint density at radius 1 is 0.703 bits per heavy atom. The number of esters is 1. The fourth-order valence-electron chi connectivity index (χ4n) is 7.38. The molecule has 2 fully saturated rings. The minimum Gasteiger partial charge on any atom is -0.497 e. The van der Waals surface area contributed by atoms with Crippen LogP contribution in [0.4, 0.5) is 0 Å². The summed E-state index contributed by atoms with van der Waals surface area (Å²) in [5.41, 5.74) is 2.51. The Hall–Kier alpha value is -3.23. The van der Waals surface area contributed by atoms with Crippen LogP contribution in [-0.4, -0.2) is 119 Å². The molecule has 354 valence electrons. The third kappa shape index (κ3) is 14.1. The molecular weight excluding hydrogens is 913 g/mol. The van der Waals surface area contributed by atoms with Crippen LogP contribution in [0, 0.1) is 5.41 Å². The summed E-state index contributed by atoms with van der Waals surface area (Å²) in [6.45, 7) is 7.66. The molecule has 0 radical (unpaired) electrons. The lowest BCUT2D eigenvalue weighted by Gasteiger charge is -2.47. The highest BCUT2D eigenvalue weighted by atomic mass is 35.6. The fraction of sp³-hybridized carbons (Fsp3) is 0.556. The molecule has 0 spiro atoms. The summed E-state index contributed by atoms with van der Waals surface area (Å²) in [5.74, 6) is 0.472. The molecule has 2 saturated heterocycles. The molecule has 0 saturated carbocycles. The maximum absolute atomic E-state index is 12.8. The lowest BCUT2D eigenvalue weighted by atomic mass is 9.97. The average Bonchev–Trinajstić information content (AvgIpc) is 3.30. The highest BCUT2D eigenvalue weighted by Gasteiger charge is 2.54. The average molecular weight is 973 g/mol. The molecule has 0 unspecified atom stereocenters. The molecule has 0 aliphatic carbocycles. The molecule has 3 aromatic rings. The Morgan fingerprint density at radius 3 is 1.61 bits per heavy atom. The first kappa shape index (κ1) is 51.7. The zero-order valence-electron chi connectivity index (χ0n) is 37.2. The topological polar surface area (TPSA) is 172 Å². The number of carbonyl (C=O) groups excluding carboxylic acids is 1. The number of carbonyl (C=O) groups is 1. The van der Waals surface area contributed by atoms with Crippen LogP contribution < -0.4 is 14.2 Å². The normalized spacial score (nSPS) is 25.0. The number of ether oxygens (including phenoxy) is 11. The number of methoxy groups -OCH3 is 3. The van der Waals surface area contributed by atoms with Crippen molar-refractivity contribution in [2.75, 3.05) is 34.5 Å². The molecule has 15 nitrogen and oxygen atoms in total. The van der Waals surface area contributed by atoms with Crippen LogP contribution in [0.2, 0.25) is 18.1 Å². The number of rotatable bonds is 22. The fourth-order valence-corrected chi connectivity index (χ4v) is 10.1. The third-order valence-corrected chi connectivity index (χ3v) is 16.6. The van der Waals surface area contributed by atoms with Crippen LogP contribution in [-0.2, 0) is 66.9 Å². The van der Waals surface area contributed by atoms with Crippen molar-refractivity contribution >= 4 is 55.0 Å². The molecule has 19 heteroatoms. The molecule has 2 aliphatic heterocycles. The highest BCUT2D eigenvalue weighted by molar-refractivity contribution is 6.76. The summed E-state index contributed by atoms with van der Waals surface area (Å²) in [7, 11) is 2.54. The third-order valence-electron chi connectivity index (χ3n) is 11.4. The van der Waals surface area contributed by atoms with E-state index in [9.17, 15) is 9.90 Å². The molecule has 64 heavy (non-hydrogen) atoms. The monoisotopic (exact) mass is 971 g/mol. The molecular formula is C45H60Cl3NO14Si. The van der Waals surface area contributed by atoms with Crippen molar-refractivity contribution in [3.63, 3.8) is 0 Å². The number of nitrogens with one attached hydrogen (secondary N) is 1. The molecule has 2 heterocycles. The molecule has 2 aliphatic rings. The van der Waals surface area contributed by atoms with Crippen LogP contribution in [0.3, 0.4) is 0 Å². The largest absolute Gasteiger partial charge is 0.497 e. The first-order valence-electron chi connectivity index (χ1n) is 21.1.